The fourth-order valence-corrected chi connectivity index (χ4v) is 0.911. The van der Waals surface area contributed by atoms with Gasteiger partial charge in [-0.05, 0) is 0 Å². The summed E-state index contributed by atoms with van der Waals surface area (Å²) in [6.45, 7) is 22.5. The van der Waals surface area contributed by atoms with Gasteiger partial charge < -0.3 is 0 Å². The predicted octanol–water partition coefficient (Wildman–Crippen LogP) is 4.66. The Labute approximate surface area is 108 Å². The van der Waals surface area contributed by atoms with Crippen molar-refractivity contribution in [3.8, 4) is 0 Å². The molecule has 0 N–H and O–H groups in total. The summed E-state index contributed by atoms with van der Waals surface area (Å²) in [6, 6.07) is 0. The van der Waals surface area contributed by atoms with Crippen molar-refractivity contribution in [2.24, 2.45) is 0 Å². The summed E-state index contributed by atoms with van der Waals surface area (Å²) in [4.78, 5) is 0. The molecule has 0 aliphatic rings. The molecule has 0 saturated carbocycles. The monoisotopic (exact) mass is 241 g/mol. The van der Waals surface area contributed by atoms with Gasteiger partial charge in [-0.15, -0.1) is 0 Å². The van der Waals surface area contributed by atoms with Crippen molar-refractivity contribution in [1.82, 2.24) is 0 Å². The minimum Gasteiger partial charge on any atom is -0.290 e. The van der Waals surface area contributed by atoms with Crippen LogP contribution in [0.25, 0.3) is 0 Å². The number of hydrogen-bond acceptors (Lipinski definition) is 0. The second kappa shape index (κ2) is 11.6. The molecular formula is C14H22V. The van der Waals surface area contributed by atoms with Crippen LogP contribution in [0.2, 0.25) is 0 Å². The molecule has 0 nitrogen and oxygen atoms in total. The van der Waals surface area contributed by atoms with E-state index in [9.17, 15) is 0 Å². The second-order valence-electron chi connectivity index (χ2n) is 3.93. The zero-order valence-corrected chi connectivity index (χ0v) is 12.2. The predicted molar refractivity (Wildman–Crippen MR) is 65.8 cm³/mol. The van der Waals surface area contributed by atoms with E-state index in [1.807, 2.05) is 53.7 Å². The number of allylic oxidation sites excluding steroid dienone is 6. The average Bonchev–Trinajstić information content (AvgIpc) is 1.79. The van der Waals surface area contributed by atoms with E-state index in [4.69, 9.17) is 13.2 Å². The quantitative estimate of drug-likeness (QED) is 0.487. The van der Waals surface area contributed by atoms with E-state index in [1.54, 1.807) is 0 Å². The average molecular weight is 241 g/mol. The molecule has 0 aromatic carbocycles. The van der Waals surface area contributed by atoms with Gasteiger partial charge in [0.25, 0.3) is 0 Å². The second-order valence-corrected chi connectivity index (χ2v) is 3.93. The van der Waals surface area contributed by atoms with Crippen molar-refractivity contribution in [2.45, 2.75) is 41.5 Å². The van der Waals surface area contributed by atoms with Crippen molar-refractivity contribution in [3.05, 3.63) is 47.6 Å². The third kappa shape index (κ3) is 31.7. The Morgan fingerprint density at radius 3 is 0.867 bits per heavy atom. The van der Waals surface area contributed by atoms with E-state index >= 15 is 0 Å². The molecule has 83 valence electrons. The van der Waals surface area contributed by atoms with Crippen molar-refractivity contribution >= 4 is 0 Å². The molecular weight excluding hydrogens is 219 g/mol. The van der Waals surface area contributed by atoms with Crippen LogP contribution in [0.3, 0.4) is 0 Å². The summed E-state index contributed by atoms with van der Waals surface area (Å²) in [5.74, 6) is 0. The fraction of sp³-hybridized carbons (Fsp3) is 0.429. The Bertz CT molecular complexity index is 219. The van der Waals surface area contributed by atoms with Crippen LogP contribution in [-0.4, -0.2) is 0 Å². The molecule has 0 unspecified atom stereocenters. The van der Waals surface area contributed by atoms with Crippen LogP contribution in [0.5, 0.6) is 0 Å². The smallest absolute Gasteiger partial charge is 0.290 e. The van der Waals surface area contributed by atoms with Gasteiger partial charge in [0.1, 0.15) is 0 Å². The molecule has 0 heterocycles. The summed E-state index contributed by atoms with van der Waals surface area (Å²) < 4.78 is 0. The van der Waals surface area contributed by atoms with Gasteiger partial charge in [-0.2, -0.15) is 11.1 Å². The first-order chi connectivity index (χ1) is 6.25. The maximum Gasteiger partial charge on any atom is 2.00 e. The van der Waals surface area contributed by atoms with Gasteiger partial charge in [0.15, 0.2) is 0 Å². The van der Waals surface area contributed by atoms with Crippen LogP contribution < -0.4 is 0 Å². The van der Waals surface area contributed by atoms with Gasteiger partial charge >= 0.3 is 18.6 Å². The maximum absolute atomic E-state index is 5.33. The zero-order chi connectivity index (χ0) is 11.7. The van der Waals surface area contributed by atoms with Gasteiger partial charge in [0, 0.05) is 0 Å². The summed E-state index contributed by atoms with van der Waals surface area (Å²) in [5.41, 5.74) is 4.25. The third-order valence-electron chi connectivity index (χ3n) is 1.03. The summed E-state index contributed by atoms with van der Waals surface area (Å²) in [6.07, 6.45) is 3.89. The van der Waals surface area contributed by atoms with E-state index in [-0.39, 0.29) is 18.6 Å². The molecule has 0 amide bonds. The first-order valence-corrected chi connectivity index (χ1v) is 4.73. The van der Waals surface area contributed by atoms with Crippen LogP contribution in [0, 0.1) is 13.2 Å². The van der Waals surface area contributed by atoms with Crippen LogP contribution in [-0.2, 0) is 18.6 Å². The molecule has 1 radical (unpaired) electrons. The molecule has 0 aromatic rings. The first-order valence-electron chi connectivity index (χ1n) is 4.73. The van der Waals surface area contributed by atoms with E-state index in [0.717, 1.165) is 11.1 Å². The molecule has 0 aliphatic carbocycles. The maximum atomic E-state index is 5.33. The largest absolute Gasteiger partial charge is 2.00 e. The van der Waals surface area contributed by atoms with Crippen molar-refractivity contribution < 1.29 is 18.6 Å². The Kier molecular flexibility index (Phi) is 15.5. The standard InChI is InChI=1S/2C7H11.V/c2*1-6(2)5-7(3)4;/h2*1,5H,2-4H3;/q2*-1;+2. The zero-order valence-electron chi connectivity index (χ0n) is 10.8. The van der Waals surface area contributed by atoms with Gasteiger partial charge in [-0.25, -0.2) is 23.3 Å². The van der Waals surface area contributed by atoms with E-state index in [0.29, 0.717) is 0 Å². The summed E-state index contributed by atoms with van der Waals surface area (Å²) in [7, 11) is 0. The Morgan fingerprint density at radius 2 is 0.867 bits per heavy atom. The van der Waals surface area contributed by atoms with Gasteiger partial charge in [0.2, 0.25) is 0 Å². The van der Waals surface area contributed by atoms with Crippen LogP contribution in [0.1, 0.15) is 41.5 Å². The van der Waals surface area contributed by atoms with E-state index in [1.165, 1.54) is 11.1 Å². The van der Waals surface area contributed by atoms with E-state index in [2.05, 4.69) is 0 Å². The SMILES string of the molecule is [CH-]=C(C)C=C(C)C.[CH-]=C(C)C=C(C)C.[V+2]. The molecule has 0 bridgehead atoms. The van der Waals surface area contributed by atoms with Crippen LogP contribution >= 0.6 is 0 Å². The topological polar surface area (TPSA) is 0 Å². The Morgan fingerprint density at radius 1 is 0.667 bits per heavy atom. The minimum absolute atomic E-state index is 0. The molecule has 0 aliphatic heterocycles. The molecule has 1 heteroatoms. The molecule has 0 saturated heterocycles. The molecule has 0 spiro atoms. The Balaban J connectivity index is -0.000000180. The fourth-order valence-electron chi connectivity index (χ4n) is 0.911. The summed E-state index contributed by atoms with van der Waals surface area (Å²) in [5, 5.41) is 0. The normalized spacial score (nSPS) is 7.33. The van der Waals surface area contributed by atoms with Crippen molar-refractivity contribution in [1.29, 1.82) is 0 Å². The number of rotatable bonds is 2. The van der Waals surface area contributed by atoms with Gasteiger partial charge in [-0.1, -0.05) is 41.5 Å². The van der Waals surface area contributed by atoms with E-state index < -0.39 is 0 Å². The molecule has 0 fully saturated rings. The van der Waals surface area contributed by atoms with Gasteiger partial charge in [-0.3, -0.25) is 13.2 Å². The molecule has 0 aromatic heterocycles. The third-order valence-corrected chi connectivity index (χ3v) is 1.03. The van der Waals surface area contributed by atoms with Crippen molar-refractivity contribution in [3.63, 3.8) is 0 Å². The van der Waals surface area contributed by atoms with Crippen LogP contribution in [0.4, 0.5) is 0 Å². The molecule has 0 atom stereocenters. The first kappa shape index (κ1) is 20.0. The Hall–Kier alpha value is -0.456. The van der Waals surface area contributed by atoms with Crippen molar-refractivity contribution in [2.75, 3.05) is 0 Å². The van der Waals surface area contributed by atoms with Gasteiger partial charge in [0.05, 0.1) is 0 Å². The van der Waals surface area contributed by atoms with Crippen LogP contribution in [0.15, 0.2) is 34.4 Å². The number of hydrogen-bond donors (Lipinski definition) is 0. The molecule has 0 rings (SSSR count). The minimum atomic E-state index is 0. The summed E-state index contributed by atoms with van der Waals surface area (Å²) >= 11 is 0. The molecule has 15 heavy (non-hydrogen) atoms.